The number of benzene rings is 1. The monoisotopic (exact) mass is 270 g/mol. The molecule has 0 amide bonds. The molecule has 0 unspecified atom stereocenters. The number of hydrogen-bond acceptors (Lipinski definition) is 4. The van der Waals surface area contributed by atoms with Crippen molar-refractivity contribution in [2.45, 2.75) is 27.2 Å². The lowest BCUT2D eigenvalue weighted by molar-refractivity contribution is 0.941. The van der Waals surface area contributed by atoms with E-state index in [1.165, 1.54) is 5.56 Å². The van der Waals surface area contributed by atoms with Gasteiger partial charge in [0.15, 0.2) is 0 Å². The summed E-state index contributed by atoms with van der Waals surface area (Å²) >= 11 is 0. The number of aromatic nitrogens is 2. The molecule has 0 fully saturated rings. The van der Waals surface area contributed by atoms with Gasteiger partial charge in [-0.3, -0.25) is 0 Å². The molecule has 0 bridgehead atoms. The molecular weight excluding hydrogens is 248 g/mol. The van der Waals surface area contributed by atoms with E-state index >= 15 is 0 Å². The van der Waals surface area contributed by atoms with Crippen molar-refractivity contribution >= 4 is 17.5 Å². The molecule has 4 nitrogen and oxygen atoms in total. The van der Waals surface area contributed by atoms with Crippen LogP contribution in [-0.2, 0) is 0 Å². The molecule has 0 radical (unpaired) electrons. The molecule has 1 N–H and O–H groups in total. The van der Waals surface area contributed by atoms with Crippen molar-refractivity contribution < 1.29 is 0 Å². The Morgan fingerprint density at radius 2 is 1.95 bits per heavy atom. The van der Waals surface area contributed by atoms with Crippen molar-refractivity contribution in [1.82, 2.24) is 9.97 Å². The van der Waals surface area contributed by atoms with Gasteiger partial charge in [-0.25, -0.2) is 4.98 Å². The first kappa shape index (κ1) is 14.3. The van der Waals surface area contributed by atoms with Gasteiger partial charge in [0, 0.05) is 31.0 Å². The highest BCUT2D eigenvalue weighted by Gasteiger charge is 2.08. The normalized spacial score (nSPS) is 10.4. The molecule has 2 aromatic rings. The fourth-order valence-electron chi connectivity index (χ4n) is 2.01. The quantitative estimate of drug-likeness (QED) is 0.899. The molecule has 0 spiro atoms. The first-order valence-electron chi connectivity index (χ1n) is 7.00. The summed E-state index contributed by atoms with van der Waals surface area (Å²) in [5, 5.41) is 3.24. The molecule has 0 saturated carbocycles. The van der Waals surface area contributed by atoms with E-state index in [-0.39, 0.29) is 0 Å². The fourth-order valence-corrected chi connectivity index (χ4v) is 2.01. The maximum Gasteiger partial charge on any atom is 0.224 e. The Hall–Kier alpha value is -2.10. The second-order valence-corrected chi connectivity index (χ2v) is 5.02. The summed E-state index contributed by atoms with van der Waals surface area (Å²) in [4.78, 5) is 11.1. The molecular formula is C16H22N4. The summed E-state index contributed by atoms with van der Waals surface area (Å²) in [5.74, 6) is 1.60. The minimum absolute atomic E-state index is 0.696. The Balaban J connectivity index is 2.29. The Morgan fingerprint density at radius 3 is 2.65 bits per heavy atom. The van der Waals surface area contributed by atoms with Crippen molar-refractivity contribution in [3.63, 3.8) is 0 Å². The zero-order valence-corrected chi connectivity index (χ0v) is 12.6. The zero-order valence-electron chi connectivity index (χ0n) is 12.6. The van der Waals surface area contributed by atoms with Crippen LogP contribution in [0.3, 0.4) is 0 Å². The van der Waals surface area contributed by atoms with E-state index < -0.39 is 0 Å². The van der Waals surface area contributed by atoms with Gasteiger partial charge in [0.05, 0.1) is 0 Å². The molecule has 0 aliphatic carbocycles. The maximum atomic E-state index is 4.58. The largest absolute Gasteiger partial charge is 0.354 e. The summed E-state index contributed by atoms with van der Waals surface area (Å²) in [7, 11) is 2.03. The van der Waals surface area contributed by atoms with Crippen LogP contribution in [0.25, 0.3) is 0 Å². The summed E-state index contributed by atoms with van der Waals surface area (Å²) < 4.78 is 0. The minimum atomic E-state index is 0.696. The first-order chi connectivity index (χ1) is 9.60. The number of hydrogen-bond donors (Lipinski definition) is 1. The van der Waals surface area contributed by atoms with Gasteiger partial charge in [0.25, 0.3) is 0 Å². The highest BCUT2D eigenvalue weighted by molar-refractivity contribution is 5.61. The molecule has 1 heterocycles. The van der Waals surface area contributed by atoms with Crippen LogP contribution in [0, 0.1) is 13.8 Å². The van der Waals surface area contributed by atoms with Crippen LogP contribution in [-0.4, -0.2) is 23.6 Å². The summed E-state index contributed by atoms with van der Waals surface area (Å²) in [6, 6.07) is 10.4. The molecule has 0 saturated heterocycles. The second kappa shape index (κ2) is 6.37. The van der Waals surface area contributed by atoms with E-state index in [9.17, 15) is 0 Å². The standard InChI is InChI=1S/C16H22N4/c1-5-9-17-16-18-13(3)11-15(19-16)20(4)14-8-6-7-12(2)10-14/h6-8,10-11H,5,9H2,1-4H3,(H,17,18,19). The van der Waals surface area contributed by atoms with E-state index in [0.29, 0.717) is 5.95 Å². The first-order valence-corrected chi connectivity index (χ1v) is 7.00. The zero-order chi connectivity index (χ0) is 14.5. The second-order valence-electron chi connectivity index (χ2n) is 5.02. The topological polar surface area (TPSA) is 41.1 Å². The third-order valence-corrected chi connectivity index (χ3v) is 3.11. The average molecular weight is 270 g/mol. The van der Waals surface area contributed by atoms with Crippen molar-refractivity contribution in [2.24, 2.45) is 0 Å². The van der Waals surface area contributed by atoms with Crippen LogP contribution in [0.5, 0.6) is 0 Å². The lowest BCUT2D eigenvalue weighted by Crippen LogP contribution is -2.14. The molecule has 0 atom stereocenters. The van der Waals surface area contributed by atoms with E-state index in [4.69, 9.17) is 0 Å². The lowest BCUT2D eigenvalue weighted by Gasteiger charge is -2.20. The van der Waals surface area contributed by atoms with Gasteiger partial charge in [0.2, 0.25) is 5.95 Å². The minimum Gasteiger partial charge on any atom is -0.354 e. The van der Waals surface area contributed by atoms with E-state index in [0.717, 1.165) is 30.2 Å². The lowest BCUT2D eigenvalue weighted by atomic mass is 10.2. The SMILES string of the molecule is CCCNc1nc(C)cc(N(C)c2cccc(C)c2)n1. The summed E-state index contributed by atoms with van der Waals surface area (Å²) in [6.45, 7) is 7.10. The van der Waals surface area contributed by atoms with Gasteiger partial charge >= 0.3 is 0 Å². The Morgan fingerprint density at radius 1 is 1.15 bits per heavy atom. The highest BCUT2D eigenvalue weighted by atomic mass is 15.2. The van der Waals surface area contributed by atoms with Crippen molar-refractivity contribution in [3.05, 3.63) is 41.6 Å². The average Bonchev–Trinajstić information content (AvgIpc) is 2.43. The van der Waals surface area contributed by atoms with Gasteiger partial charge in [-0.15, -0.1) is 0 Å². The Labute approximate surface area is 120 Å². The molecule has 4 heteroatoms. The molecule has 0 aliphatic rings. The highest BCUT2D eigenvalue weighted by Crippen LogP contribution is 2.23. The molecule has 20 heavy (non-hydrogen) atoms. The molecule has 0 aliphatic heterocycles. The third-order valence-electron chi connectivity index (χ3n) is 3.11. The fraction of sp³-hybridized carbons (Fsp3) is 0.375. The van der Waals surface area contributed by atoms with Crippen LogP contribution >= 0.6 is 0 Å². The van der Waals surface area contributed by atoms with Crippen molar-refractivity contribution in [3.8, 4) is 0 Å². The third kappa shape index (κ3) is 3.47. The molecule has 1 aromatic carbocycles. The van der Waals surface area contributed by atoms with E-state index in [2.05, 4.69) is 58.3 Å². The molecule has 1 aromatic heterocycles. The number of nitrogens with one attached hydrogen (secondary N) is 1. The van der Waals surface area contributed by atoms with Crippen LogP contribution in [0.4, 0.5) is 17.5 Å². The Bertz CT molecular complexity index is 580. The van der Waals surface area contributed by atoms with Crippen molar-refractivity contribution in [1.29, 1.82) is 0 Å². The van der Waals surface area contributed by atoms with Crippen LogP contribution in [0.1, 0.15) is 24.6 Å². The summed E-state index contributed by atoms with van der Waals surface area (Å²) in [5.41, 5.74) is 3.34. The number of nitrogens with zero attached hydrogens (tertiary/aromatic N) is 3. The van der Waals surface area contributed by atoms with Gasteiger partial charge in [-0.2, -0.15) is 4.98 Å². The van der Waals surface area contributed by atoms with Crippen molar-refractivity contribution in [2.75, 3.05) is 23.8 Å². The van der Waals surface area contributed by atoms with E-state index in [1.807, 2.05) is 20.0 Å². The van der Waals surface area contributed by atoms with E-state index in [1.54, 1.807) is 0 Å². The predicted octanol–water partition coefficient (Wildman–Crippen LogP) is 3.68. The van der Waals surface area contributed by atoms with Crippen LogP contribution in [0.2, 0.25) is 0 Å². The van der Waals surface area contributed by atoms with Gasteiger partial charge in [-0.05, 0) is 38.0 Å². The smallest absolute Gasteiger partial charge is 0.224 e. The molecule has 106 valence electrons. The van der Waals surface area contributed by atoms with Crippen LogP contribution < -0.4 is 10.2 Å². The molecule has 2 rings (SSSR count). The van der Waals surface area contributed by atoms with Crippen LogP contribution in [0.15, 0.2) is 30.3 Å². The van der Waals surface area contributed by atoms with Gasteiger partial charge in [0.1, 0.15) is 5.82 Å². The number of anilines is 3. The van der Waals surface area contributed by atoms with Gasteiger partial charge in [-0.1, -0.05) is 19.1 Å². The predicted molar refractivity (Wildman–Crippen MR) is 84.8 cm³/mol. The Kier molecular flexibility index (Phi) is 4.56. The number of aryl methyl sites for hydroxylation is 2. The number of rotatable bonds is 5. The van der Waals surface area contributed by atoms with Gasteiger partial charge < -0.3 is 10.2 Å². The maximum absolute atomic E-state index is 4.58. The summed E-state index contributed by atoms with van der Waals surface area (Å²) in [6.07, 6.45) is 1.06.